The average Bonchev–Trinajstić information content (AvgIpc) is 2.73. The fraction of sp³-hybridized carbons (Fsp3) is 0.385. The maximum atomic E-state index is 11.6. The van der Waals surface area contributed by atoms with Gasteiger partial charge >= 0.3 is 5.97 Å². The van der Waals surface area contributed by atoms with Crippen LogP contribution in [-0.4, -0.2) is 33.7 Å². The molecule has 0 spiro atoms. The number of hydrogen-bond donors (Lipinski definition) is 3. The molecule has 1 heterocycles. The van der Waals surface area contributed by atoms with Crippen molar-refractivity contribution in [2.45, 2.75) is 32.4 Å². The smallest absolute Gasteiger partial charge is 0.325 e. The summed E-state index contributed by atoms with van der Waals surface area (Å²) in [5, 5.41) is 20.3. The zero-order valence-corrected chi connectivity index (χ0v) is 10.9. The first-order chi connectivity index (χ1) is 8.69. The normalized spacial score (nSPS) is 12.2. The quantitative estimate of drug-likeness (QED) is 0.695. The molecule has 0 radical (unpaired) electrons. The summed E-state index contributed by atoms with van der Waals surface area (Å²) in [4.78, 5) is 22.2. The van der Waals surface area contributed by atoms with Crippen LogP contribution >= 0.6 is 0 Å². The van der Waals surface area contributed by atoms with Crippen molar-refractivity contribution in [3.63, 3.8) is 0 Å². The molecule has 0 aliphatic carbocycles. The maximum Gasteiger partial charge on any atom is 0.325 e. The molecule has 6 heteroatoms. The van der Waals surface area contributed by atoms with Crippen molar-refractivity contribution in [3.05, 3.63) is 23.7 Å². The lowest BCUT2D eigenvalue weighted by Crippen LogP contribution is -2.38. The summed E-state index contributed by atoms with van der Waals surface area (Å²) >= 11 is 0. The number of rotatable bonds is 3. The van der Waals surface area contributed by atoms with Crippen LogP contribution in [0.3, 0.4) is 0 Å². The van der Waals surface area contributed by atoms with Gasteiger partial charge in [-0.3, -0.25) is 9.59 Å². The van der Waals surface area contributed by atoms with Crippen LogP contribution in [0.4, 0.5) is 0 Å². The second kappa shape index (κ2) is 5.59. The number of furan rings is 1. The number of carboxylic acids is 1. The Kier molecular flexibility index (Phi) is 4.35. The van der Waals surface area contributed by atoms with Gasteiger partial charge in [-0.2, -0.15) is 0 Å². The zero-order chi connectivity index (χ0) is 14.6. The SMILES string of the molecule is CC(NC(=O)c1ccc(C#CC(C)(C)O)o1)C(=O)O. The van der Waals surface area contributed by atoms with Gasteiger partial charge in [0, 0.05) is 0 Å². The third-order valence-corrected chi connectivity index (χ3v) is 2.04. The molecule has 1 aromatic rings. The summed E-state index contributed by atoms with van der Waals surface area (Å²) in [6.45, 7) is 4.38. The number of aliphatic hydroxyl groups is 1. The maximum absolute atomic E-state index is 11.6. The van der Waals surface area contributed by atoms with Crippen LogP contribution in [0.5, 0.6) is 0 Å². The lowest BCUT2D eigenvalue weighted by atomic mass is 10.1. The molecule has 1 unspecified atom stereocenters. The Morgan fingerprint density at radius 2 is 2.05 bits per heavy atom. The van der Waals surface area contributed by atoms with Gasteiger partial charge < -0.3 is 19.9 Å². The molecule has 0 bridgehead atoms. The monoisotopic (exact) mass is 265 g/mol. The van der Waals surface area contributed by atoms with Gasteiger partial charge in [0.1, 0.15) is 11.6 Å². The van der Waals surface area contributed by atoms with Gasteiger partial charge in [0.2, 0.25) is 0 Å². The Balaban J connectivity index is 2.77. The van der Waals surface area contributed by atoms with Crippen LogP contribution in [0.1, 0.15) is 37.1 Å². The molecule has 0 saturated carbocycles. The first kappa shape index (κ1) is 14.8. The Morgan fingerprint density at radius 1 is 1.42 bits per heavy atom. The van der Waals surface area contributed by atoms with Gasteiger partial charge in [0.25, 0.3) is 5.91 Å². The van der Waals surface area contributed by atoms with Gasteiger partial charge in [-0.25, -0.2) is 0 Å². The van der Waals surface area contributed by atoms with Crippen molar-refractivity contribution in [2.24, 2.45) is 0 Å². The molecule has 1 rings (SSSR count). The molecule has 102 valence electrons. The summed E-state index contributed by atoms with van der Waals surface area (Å²) < 4.78 is 5.13. The van der Waals surface area contributed by atoms with Crippen LogP contribution < -0.4 is 5.32 Å². The zero-order valence-electron chi connectivity index (χ0n) is 10.9. The molecule has 3 N–H and O–H groups in total. The van der Waals surface area contributed by atoms with Crippen LogP contribution in [-0.2, 0) is 4.79 Å². The fourth-order valence-corrected chi connectivity index (χ4v) is 1.07. The van der Waals surface area contributed by atoms with E-state index in [1.165, 1.54) is 32.9 Å². The number of carboxylic acid groups (broad SMARTS) is 1. The lowest BCUT2D eigenvalue weighted by Gasteiger charge is -2.06. The van der Waals surface area contributed by atoms with Gasteiger partial charge in [-0.05, 0) is 38.8 Å². The highest BCUT2D eigenvalue weighted by Crippen LogP contribution is 2.08. The Bertz CT molecular complexity index is 541. The highest BCUT2D eigenvalue weighted by Gasteiger charge is 2.17. The van der Waals surface area contributed by atoms with Crippen molar-refractivity contribution in [1.82, 2.24) is 5.32 Å². The molecule has 1 atom stereocenters. The second-order valence-electron chi connectivity index (χ2n) is 4.51. The third kappa shape index (κ3) is 4.85. The van der Waals surface area contributed by atoms with E-state index >= 15 is 0 Å². The van der Waals surface area contributed by atoms with E-state index < -0.39 is 23.5 Å². The Hall–Kier alpha value is -2.26. The molecular formula is C13H15NO5. The number of nitrogens with one attached hydrogen (secondary N) is 1. The topological polar surface area (TPSA) is 99.8 Å². The first-order valence-electron chi connectivity index (χ1n) is 5.58. The minimum Gasteiger partial charge on any atom is -0.480 e. The van der Waals surface area contributed by atoms with Crippen molar-refractivity contribution in [3.8, 4) is 11.8 Å². The van der Waals surface area contributed by atoms with E-state index in [9.17, 15) is 14.7 Å². The molecule has 0 saturated heterocycles. The average molecular weight is 265 g/mol. The van der Waals surface area contributed by atoms with Crippen LogP contribution in [0.25, 0.3) is 0 Å². The fourth-order valence-electron chi connectivity index (χ4n) is 1.07. The molecular weight excluding hydrogens is 250 g/mol. The predicted molar refractivity (Wildman–Crippen MR) is 66.4 cm³/mol. The standard InChI is InChI=1S/C13H15NO5/c1-8(12(16)17)14-11(15)10-5-4-9(19-10)6-7-13(2,3)18/h4-5,8,18H,1-3H3,(H,14,15)(H,16,17). The van der Waals surface area contributed by atoms with Gasteiger partial charge in [0.05, 0.1) is 0 Å². The third-order valence-electron chi connectivity index (χ3n) is 2.04. The predicted octanol–water partition coefficient (Wildman–Crippen LogP) is 0.605. The van der Waals surface area contributed by atoms with Crippen LogP contribution in [0, 0.1) is 11.8 Å². The van der Waals surface area contributed by atoms with Crippen molar-refractivity contribution in [1.29, 1.82) is 0 Å². The number of aliphatic carboxylic acids is 1. The van der Waals surface area contributed by atoms with E-state index in [0.717, 1.165) is 0 Å². The minimum absolute atomic E-state index is 0.0341. The largest absolute Gasteiger partial charge is 0.480 e. The van der Waals surface area contributed by atoms with Crippen molar-refractivity contribution in [2.75, 3.05) is 0 Å². The van der Waals surface area contributed by atoms with Crippen molar-refractivity contribution >= 4 is 11.9 Å². The molecule has 1 aromatic heterocycles. The van der Waals surface area contributed by atoms with Crippen LogP contribution in [0.2, 0.25) is 0 Å². The van der Waals surface area contributed by atoms with E-state index in [4.69, 9.17) is 9.52 Å². The molecule has 1 amide bonds. The first-order valence-corrected chi connectivity index (χ1v) is 5.58. The number of amides is 1. The molecule has 0 aromatic carbocycles. The van der Waals surface area contributed by atoms with E-state index in [0.29, 0.717) is 0 Å². The molecule has 19 heavy (non-hydrogen) atoms. The lowest BCUT2D eigenvalue weighted by molar-refractivity contribution is -0.138. The molecule has 0 aliphatic heterocycles. The van der Waals surface area contributed by atoms with Crippen LogP contribution in [0.15, 0.2) is 16.5 Å². The van der Waals surface area contributed by atoms with Crippen molar-refractivity contribution < 1.29 is 24.2 Å². The summed E-state index contributed by atoms with van der Waals surface area (Å²) in [5.41, 5.74) is -1.16. The summed E-state index contributed by atoms with van der Waals surface area (Å²) in [6.07, 6.45) is 0. The highest BCUT2D eigenvalue weighted by molar-refractivity contribution is 5.94. The number of hydrogen-bond acceptors (Lipinski definition) is 4. The Labute approximate surface area is 110 Å². The van der Waals surface area contributed by atoms with Gasteiger partial charge in [-0.15, -0.1) is 0 Å². The molecule has 0 fully saturated rings. The van der Waals surface area contributed by atoms with E-state index in [2.05, 4.69) is 17.2 Å². The summed E-state index contributed by atoms with van der Waals surface area (Å²) in [5.74, 6) is 3.52. The minimum atomic E-state index is -1.16. The number of carbonyl (C=O) groups is 2. The second-order valence-corrected chi connectivity index (χ2v) is 4.51. The Morgan fingerprint density at radius 3 is 2.58 bits per heavy atom. The highest BCUT2D eigenvalue weighted by atomic mass is 16.4. The summed E-state index contributed by atoms with van der Waals surface area (Å²) in [7, 11) is 0. The van der Waals surface area contributed by atoms with E-state index in [1.807, 2.05) is 0 Å². The van der Waals surface area contributed by atoms with Gasteiger partial charge in [0.15, 0.2) is 11.5 Å². The molecule has 6 nitrogen and oxygen atoms in total. The van der Waals surface area contributed by atoms with E-state index in [1.54, 1.807) is 0 Å². The number of carbonyl (C=O) groups excluding carboxylic acids is 1. The molecule has 0 aliphatic rings. The van der Waals surface area contributed by atoms with Gasteiger partial charge in [-0.1, -0.05) is 5.92 Å². The summed E-state index contributed by atoms with van der Waals surface area (Å²) in [6, 6.07) is 1.85. The van der Waals surface area contributed by atoms with E-state index in [-0.39, 0.29) is 11.5 Å².